The zero-order chi connectivity index (χ0) is 8.91. The van der Waals surface area contributed by atoms with Crippen molar-refractivity contribution < 1.29 is 9.47 Å². The molecular weight excluding hydrogens is 140 g/mol. The van der Waals surface area contributed by atoms with E-state index in [4.69, 9.17) is 9.47 Å². The summed E-state index contributed by atoms with van der Waals surface area (Å²) in [5, 5.41) is 0. The molecule has 0 aromatic carbocycles. The van der Waals surface area contributed by atoms with Crippen molar-refractivity contribution in [3.63, 3.8) is 0 Å². The van der Waals surface area contributed by atoms with Crippen molar-refractivity contribution in [3.8, 4) is 0 Å². The lowest BCUT2D eigenvalue weighted by Gasteiger charge is -2.31. The molecule has 0 heterocycles. The topological polar surface area (TPSA) is 18.5 Å². The lowest BCUT2D eigenvalue weighted by atomic mass is 9.86. The van der Waals surface area contributed by atoms with E-state index in [9.17, 15) is 0 Å². The van der Waals surface area contributed by atoms with Crippen molar-refractivity contribution in [3.05, 3.63) is 0 Å². The first-order valence-electron chi connectivity index (χ1n) is 4.10. The van der Waals surface area contributed by atoms with Crippen molar-refractivity contribution in [2.24, 2.45) is 5.41 Å². The van der Waals surface area contributed by atoms with Gasteiger partial charge in [-0.05, 0) is 6.42 Å². The van der Waals surface area contributed by atoms with Gasteiger partial charge in [-0.15, -0.1) is 0 Å². The molecule has 0 rings (SSSR count). The van der Waals surface area contributed by atoms with Gasteiger partial charge >= 0.3 is 0 Å². The van der Waals surface area contributed by atoms with E-state index >= 15 is 0 Å². The molecule has 0 fully saturated rings. The Bertz CT molecular complexity index is 95.7. The zero-order valence-electron chi connectivity index (χ0n) is 8.31. The molecule has 0 bridgehead atoms. The first kappa shape index (κ1) is 10.9. The summed E-state index contributed by atoms with van der Waals surface area (Å²) in [6.45, 7) is 7.20. The molecule has 0 aliphatic carbocycles. The highest BCUT2D eigenvalue weighted by Gasteiger charge is 2.27. The van der Waals surface area contributed by atoms with Crippen LogP contribution in [-0.2, 0) is 9.47 Å². The third kappa shape index (κ3) is 3.21. The van der Waals surface area contributed by atoms with Gasteiger partial charge < -0.3 is 9.47 Å². The number of rotatable bonds is 5. The predicted octanol–water partition coefficient (Wildman–Crippen LogP) is 2.08. The summed E-state index contributed by atoms with van der Waals surface area (Å²) in [5.74, 6) is 0. The van der Waals surface area contributed by atoms with Crippen LogP contribution in [0.15, 0.2) is 0 Å². The fraction of sp³-hybridized carbons (Fsp3) is 1.00. The quantitative estimate of drug-likeness (QED) is 0.613. The normalized spacial score (nSPS) is 15.0. The summed E-state index contributed by atoms with van der Waals surface area (Å²) in [6, 6.07) is 0. The summed E-state index contributed by atoms with van der Waals surface area (Å²) in [7, 11) is 3.48. The molecule has 11 heavy (non-hydrogen) atoms. The Hall–Kier alpha value is -0.0800. The maximum atomic E-state index is 5.34. The Morgan fingerprint density at radius 1 is 1.27 bits per heavy atom. The van der Waals surface area contributed by atoms with Crippen LogP contribution < -0.4 is 0 Å². The van der Waals surface area contributed by atoms with Gasteiger partial charge in [0.25, 0.3) is 0 Å². The van der Waals surface area contributed by atoms with Crippen molar-refractivity contribution in [1.82, 2.24) is 0 Å². The van der Waals surface area contributed by atoms with E-state index in [1.54, 1.807) is 14.2 Å². The smallest absolute Gasteiger partial charge is 0.0641 e. The number of hydrogen-bond donors (Lipinski definition) is 0. The molecule has 0 radical (unpaired) electrons. The molecule has 2 nitrogen and oxygen atoms in total. The molecule has 0 aliphatic rings. The lowest BCUT2D eigenvalue weighted by Crippen LogP contribution is -2.34. The second-order valence-electron chi connectivity index (χ2n) is 3.55. The van der Waals surface area contributed by atoms with Crippen LogP contribution in [0, 0.1) is 5.41 Å². The van der Waals surface area contributed by atoms with Crippen LogP contribution >= 0.6 is 0 Å². The molecule has 1 atom stereocenters. The van der Waals surface area contributed by atoms with Crippen molar-refractivity contribution in [1.29, 1.82) is 0 Å². The van der Waals surface area contributed by atoms with E-state index in [1.807, 2.05) is 0 Å². The fourth-order valence-corrected chi connectivity index (χ4v) is 1.50. The average molecular weight is 160 g/mol. The molecule has 2 heteroatoms. The molecule has 0 saturated carbocycles. The minimum atomic E-state index is 0.123. The van der Waals surface area contributed by atoms with Crippen molar-refractivity contribution in [2.45, 2.75) is 33.3 Å². The summed E-state index contributed by atoms with van der Waals surface area (Å²) in [4.78, 5) is 0. The number of methoxy groups -OCH3 is 2. The second-order valence-corrected chi connectivity index (χ2v) is 3.55. The second kappa shape index (κ2) is 4.73. The van der Waals surface area contributed by atoms with Gasteiger partial charge in [-0.2, -0.15) is 0 Å². The van der Waals surface area contributed by atoms with E-state index in [2.05, 4.69) is 20.8 Å². The molecule has 68 valence electrons. The minimum Gasteiger partial charge on any atom is -0.384 e. The Morgan fingerprint density at radius 2 is 1.82 bits per heavy atom. The van der Waals surface area contributed by atoms with Crippen LogP contribution in [-0.4, -0.2) is 26.9 Å². The lowest BCUT2D eigenvalue weighted by molar-refractivity contribution is -0.0361. The van der Waals surface area contributed by atoms with E-state index < -0.39 is 0 Å². The largest absolute Gasteiger partial charge is 0.384 e. The van der Waals surface area contributed by atoms with Gasteiger partial charge in [0.1, 0.15) is 0 Å². The summed E-state index contributed by atoms with van der Waals surface area (Å²) in [5.41, 5.74) is 0.123. The first-order valence-corrected chi connectivity index (χ1v) is 4.10. The summed E-state index contributed by atoms with van der Waals surface area (Å²) >= 11 is 0. The Morgan fingerprint density at radius 3 is 2.09 bits per heavy atom. The highest BCUT2D eigenvalue weighted by Crippen LogP contribution is 2.25. The first-order chi connectivity index (χ1) is 5.08. The van der Waals surface area contributed by atoms with Crippen LogP contribution in [0.4, 0.5) is 0 Å². The molecule has 0 saturated heterocycles. The van der Waals surface area contributed by atoms with Gasteiger partial charge in [0.15, 0.2) is 0 Å². The van der Waals surface area contributed by atoms with E-state index in [0.717, 1.165) is 13.0 Å². The van der Waals surface area contributed by atoms with Crippen LogP contribution in [0.5, 0.6) is 0 Å². The maximum absolute atomic E-state index is 5.34. The summed E-state index contributed by atoms with van der Waals surface area (Å²) in [6.07, 6.45) is 1.33. The molecule has 0 unspecified atom stereocenters. The molecule has 0 amide bonds. The molecule has 0 spiro atoms. The van der Waals surface area contributed by atoms with Gasteiger partial charge in [0, 0.05) is 19.6 Å². The number of hydrogen-bond acceptors (Lipinski definition) is 2. The van der Waals surface area contributed by atoms with E-state index in [-0.39, 0.29) is 5.41 Å². The minimum absolute atomic E-state index is 0.123. The highest BCUT2D eigenvalue weighted by atomic mass is 16.5. The third-order valence-electron chi connectivity index (χ3n) is 2.04. The molecule has 0 N–H and O–H groups in total. The Labute approximate surface area is 69.9 Å². The standard InChI is InChI=1S/C9H20O2/c1-6-8(11-5)9(2,3)7-10-4/h8H,6-7H2,1-5H3/t8-/m1/s1. The van der Waals surface area contributed by atoms with Gasteiger partial charge in [-0.1, -0.05) is 20.8 Å². The highest BCUT2D eigenvalue weighted by molar-refractivity contribution is 4.77. The predicted molar refractivity (Wildman–Crippen MR) is 46.7 cm³/mol. The monoisotopic (exact) mass is 160 g/mol. The van der Waals surface area contributed by atoms with Crippen LogP contribution in [0.25, 0.3) is 0 Å². The molecule has 0 aromatic heterocycles. The molecule has 0 aromatic rings. The molecular formula is C9H20O2. The van der Waals surface area contributed by atoms with Gasteiger partial charge in [0.05, 0.1) is 12.7 Å². The van der Waals surface area contributed by atoms with Crippen LogP contribution in [0.2, 0.25) is 0 Å². The maximum Gasteiger partial charge on any atom is 0.0641 e. The Kier molecular flexibility index (Phi) is 4.69. The van der Waals surface area contributed by atoms with Gasteiger partial charge in [0.2, 0.25) is 0 Å². The van der Waals surface area contributed by atoms with Crippen LogP contribution in [0.1, 0.15) is 27.2 Å². The fourth-order valence-electron chi connectivity index (χ4n) is 1.50. The molecule has 0 aliphatic heterocycles. The van der Waals surface area contributed by atoms with Gasteiger partial charge in [-0.3, -0.25) is 0 Å². The summed E-state index contributed by atoms with van der Waals surface area (Å²) < 4.78 is 10.4. The van der Waals surface area contributed by atoms with E-state index in [0.29, 0.717) is 6.10 Å². The van der Waals surface area contributed by atoms with Crippen molar-refractivity contribution >= 4 is 0 Å². The SMILES string of the molecule is CC[C@@H](OC)C(C)(C)COC. The van der Waals surface area contributed by atoms with Crippen molar-refractivity contribution in [2.75, 3.05) is 20.8 Å². The van der Waals surface area contributed by atoms with Crippen LogP contribution in [0.3, 0.4) is 0 Å². The van der Waals surface area contributed by atoms with E-state index in [1.165, 1.54) is 0 Å². The van der Waals surface area contributed by atoms with Gasteiger partial charge in [-0.25, -0.2) is 0 Å². The Balaban J connectivity index is 4.00. The average Bonchev–Trinajstić information content (AvgIpc) is 1.89. The number of ether oxygens (including phenoxy) is 2. The third-order valence-corrected chi connectivity index (χ3v) is 2.04. The zero-order valence-corrected chi connectivity index (χ0v) is 8.31.